The van der Waals surface area contributed by atoms with Crippen molar-refractivity contribution in [3.8, 4) is 22.1 Å². The van der Waals surface area contributed by atoms with Crippen molar-refractivity contribution in [3.05, 3.63) is 64.7 Å². The zero-order chi connectivity index (χ0) is 21.0. The summed E-state index contributed by atoms with van der Waals surface area (Å²) in [5.41, 5.74) is 1.63. The predicted octanol–water partition coefficient (Wildman–Crippen LogP) is 4.81. The van der Waals surface area contributed by atoms with Gasteiger partial charge < -0.3 is 14.8 Å². The molecule has 0 saturated heterocycles. The molecule has 152 valence electrons. The quantitative estimate of drug-likeness (QED) is 0.598. The number of hydrogen-bond donors (Lipinski definition) is 1. The average Bonchev–Trinajstić information content (AvgIpc) is 3.18. The van der Waals surface area contributed by atoms with Gasteiger partial charge in [0.15, 0.2) is 23.1 Å². The molecule has 1 aromatic heterocycles. The Morgan fingerprint density at radius 2 is 1.93 bits per heavy atom. The summed E-state index contributed by atoms with van der Waals surface area (Å²) < 4.78 is 37.4. The van der Waals surface area contributed by atoms with Crippen LogP contribution in [0.25, 0.3) is 10.6 Å². The van der Waals surface area contributed by atoms with E-state index in [0.29, 0.717) is 27.8 Å². The first kappa shape index (κ1) is 20.7. The number of methoxy groups -OCH3 is 1. The monoisotopic (exact) mass is 418 g/mol. The first-order chi connectivity index (χ1) is 13.9. The van der Waals surface area contributed by atoms with Crippen molar-refractivity contribution in [2.75, 3.05) is 7.11 Å². The summed E-state index contributed by atoms with van der Waals surface area (Å²) in [4.78, 5) is 16.5. The summed E-state index contributed by atoms with van der Waals surface area (Å²) in [6.45, 7) is 3.83. The fourth-order valence-corrected chi connectivity index (χ4v) is 3.35. The first-order valence-corrected chi connectivity index (χ1v) is 9.77. The topological polar surface area (TPSA) is 60.5 Å². The normalized spacial score (nSPS) is 10.8. The fourth-order valence-electron chi connectivity index (χ4n) is 2.56. The number of benzene rings is 2. The lowest BCUT2D eigenvalue weighted by Crippen LogP contribution is -2.30. The number of aromatic nitrogens is 1. The number of ether oxygens (including phenoxy) is 2. The van der Waals surface area contributed by atoms with E-state index in [2.05, 4.69) is 10.3 Å². The molecule has 0 unspecified atom stereocenters. The molecule has 8 heteroatoms. The number of amides is 1. The summed E-state index contributed by atoms with van der Waals surface area (Å²) in [6, 6.07) is 8.90. The van der Waals surface area contributed by atoms with Gasteiger partial charge in [-0.2, -0.15) is 0 Å². The largest absolute Gasteiger partial charge is 0.493 e. The number of nitrogens with one attached hydrogen (secondary N) is 1. The SMILES string of the molecule is COc1cc(-c2nc(C(=O)NC(C)C)cs2)ccc1OCc1ccc(F)c(F)c1. The van der Waals surface area contributed by atoms with Crippen molar-refractivity contribution in [2.24, 2.45) is 0 Å². The summed E-state index contributed by atoms with van der Waals surface area (Å²) in [6.07, 6.45) is 0. The van der Waals surface area contributed by atoms with E-state index in [-0.39, 0.29) is 18.6 Å². The Hall–Kier alpha value is -3.00. The van der Waals surface area contributed by atoms with E-state index in [1.165, 1.54) is 24.5 Å². The molecule has 3 aromatic rings. The minimum atomic E-state index is -0.922. The van der Waals surface area contributed by atoms with E-state index in [0.717, 1.165) is 17.7 Å². The minimum absolute atomic E-state index is 0.0266. The van der Waals surface area contributed by atoms with Gasteiger partial charge in [0.2, 0.25) is 0 Å². The van der Waals surface area contributed by atoms with Crippen LogP contribution < -0.4 is 14.8 Å². The van der Waals surface area contributed by atoms with Gasteiger partial charge in [-0.15, -0.1) is 11.3 Å². The molecular weight excluding hydrogens is 398 g/mol. The Morgan fingerprint density at radius 1 is 1.14 bits per heavy atom. The van der Waals surface area contributed by atoms with Crippen LogP contribution in [0, 0.1) is 11.6 Å². The molecule has 2 aromatic carbocycles. The van der Waals surface area contributed by atoms with Crippen molar-refractivity contribution in [1.29, 1.82) is 0 Å². The van der Waals surface area contributed by atoms with Gasteiger partial charge in [-0.05, 0) is 49.7 Å². The van der Waals surface area contributed by atoms with Crippen LogP contribution in [0.2, 0.25) is 0 Å². The smallest absolute Gasteiger partial charge is 0.270 e. The highest BCUT2D eigenvalue weighted by Crippen LogP contribution is 2.34. The molecule has 5 nitrogen and oxygen atoms in total. The average molecular weight is 418 g/mol. The minimum Gasteiger partial charge on any atom is -0.493 e. The van der Waals surface area contributed by atoms with Crippen LogP contribution in [0.1, 0.15) is 29.9 Å². The molecule has 0 aliphatic rings. The third-order valence-corrected chi connectivity index (χ3v) is 4.84. The van der Waals surface area contributed by atoms with Crippen LogP contribution >= 0.6 is 11.3 Å². The molecule has 0 aliphatic heterocycles. The van der Waals surface area contributed by atoms with E-state index in [1.807, 2.05) is 13.8 Å². The van der Waals surface area contributed by atoms with Crippen LogP contribution in [-0.2, 0) is 6.61 Å². The highest BCUT2D eigenvalue weighted by atomic mass is 32.1. The van der Waals surface area contributed by atoms with Gasteiger partial charge in [0.05, 0.1) is 7.11 Å². The zero-order valence-electron chi connectivity index (χ0n) is 16.2. The maximum Gasteiger partial charge on any atom is 0.270 e. The molecule has 3 rings (SSSR count). The van der Waals surface area contributed by atoms with E-state index in [1.54, 1.807) is 23.6 Å². The van der Waals surface area contributed by atoms with E-state index < -0.39 is 11.6 Å². The second-order valence-corrected chi connectivity index (χ2v) is 7.43. The molecule has 29 heavy (non-hydrogen) atoms. The number of rotatable bonds is 7. The molecule has 1 heterocycles. The predicted molar refractivity (Wildman–Crippen MR) is 107 cm³/mol. The molecule has 0 fully saturated rings. The molecule has 0 aliphatic carbocycles. The van der Waals surface area contributed by atoms with Crippen molar-refractivity contribution in [2.45, 2.75) is 26.5 Å². The second kappa shape index (κ2) is 9.00. The molecule has 0 atom stereocenters. The van der Waals surface area contributed by atoms with Gasteiger partial charge in [0.1, 0.15) is 17.3 Å². The van der Waals surface area contributed by atoms with Gasteiger partial charge in [0, 0.05) is 17.0 Å². The highest BCUT2D eigenvalue weighted by Gasteiger charge is 2.15. The van der Waals surface area contributed by atoms with Crippen molar-refractivity contribution >= 4 is 17.2 Å². The van der Waals surface area contributed by atoms with E-state index in [9.17, 15) is 13.6 Å². The maximum absolute atomic E-state index is 13.3. The van der Waals surface area contributed by atoms with E-state index >= 15 is 0 Å². The van der Waals surface area contributed by atoms with E-state index in [4.69, 9.17) is 9.47 Å². The molecule has 0 bridgehead atoms. The van der Waals surface area contributed by atoms with Gasteiger partial charge in [-0.1, -0.05) is 6.07 Å². The Balaban J connectivity index is 1.75. The molecule has 0 spiro atoms. The molecule has 0 saturated carbocycles. The number of halogens is 2. The Bertz CT molecular complexity index is 1020. The summed E-state index contributed by atoms with van der Waals surface area (Å²) >= 11 is 1.35. The number of carbonyl (C=O) groups excluding carboxylic acids is 1. The first-order valence-electron chi connectivity index (χ1n) is 8.89. The number of carbonyl (C=O) groups is 1. The van der Waals surface area contributed by atoms with Crippen LogP contribution in [0.15, 0.2) is 41.8 Å². The highest BCUT2D eigenvalue weighted by molar-refractivity contribution is 7.13. The van der Waals surface area contributed by atoms with Crippen LogP contribution in [0.4, 0.5) is 8.78 Å². The van der Waals surface area contributed by atoms with Gasteiger partial charge in [-0.25, -0.2) is 13.8 Å². The molecular formula is C21H20F2N2O3S. The lowest BCUT2D eigenvalue weighted by atomic mass is 10.2. The fraction of sp³-hybridized carbons (Fsp3) is 0.238. The van der Waals surface area contributed by atoms with Crippen molar-refractivity contribution in [1.82, 2.24) is 10.3 Å². The lowest BCUT2D eigenvalue weighted by Gasteiger charge is -2.12. The number of hydrogen-bond acceptors (Lipinski definition) is 5. The third-order valence-electron chi connectivity index (χ3n) is 3.95. The second-order valence-electron chi connectivity index (χ2n) is 6.57. The van der Waals surface area contributed by atoms with Crippen LogP contribution in [0.5, 0.6) is 11.5 Å². The van der Waals surface area contributed by atoms with Gasteiger partial charge >= 0.3 is 0 Å². The Kier molecular flexibility index (Phi) is 6.43. The zero-order valence-corrected chi connectivity index (χ0v) is 17.0. The molecule has 1 amide bonds. The molecule has 0 radical (unpaired) electrons. The summed E-state index contributed by atoms with van der Waals surface area (Å²) in [5.74, 6) is -1.13. The summed E-state index contributed by atoms with van der Waals surface area (Å²) in [7, 11) is 1.51. The Labute approximate surface area is 171 Å². The van der Waals surface area contributed by atoms with Gasteiger partial charge in [0.25, 0.3) is 5.91 Å². The lowest BCUT2D eigenvalue weighted by molar-refractivity contribution is 0.0939. The third kappa shape index (κ3) is 5.08. The standard InChI is InChI=1S/C21H20F2N2O3S/c1-12(2)24-20(26)17-11-29-21(25-17)14-5-7-18(19(9-14)27-3)28-10-13-4-6-15(22)16(23)8-13/h4-9,11-12H,10H2,1-3H3,(H,24,26). The number of thiazole rings is 1. The van der Waals surface area contributed by atoms with Crippen LogP contribution in [-0.4, -0.2) is 24.0 Å². The Morgan fingerprint density at radius 3 is 2.62 bits per heavy atom. The van der Waals surface area contributed by atoms with Gasteiger partial charge in [-0.3, -0.25) is 4.79 Å². The molecule has 1 N–H and O–H groups in total. The van der Waals surface area contributed by atoms with Crippen molar-refractivity contribution < 1.29 is 23.0 Å². The summed E-state index contributed by atoms with van der Waals surface area (Å²) in [5, 5.41) is 5.18. The van der Waals surface area contributed by atoms with Crippen molar-refractivity contribution in [3.63, 3.8) is 0 Å². The van der Waals surface area contributed by atoms with Crippen LogP contribution in [0.3, 0.4) is 0 Å². The maximum atomic E-state index is 13.3. The number of nitrogens with zero attached hydrogens (tertiary/aromatic N) is 1.